The Morgan fingerprint density at radius 1 is 0.842 bits per heavy atom. The minimum absolute atomic E-state index is 0.116. The lowest BCUT2D eigenvalue weighted by atomic mass is 9.87. The molecular weight excluding hydrogens is 275 g/mol. The molecule has 0 aliphatic carbocycles. The van der Waals surface area contributed by atoms with Gasteiger partial charge in [-0.25, -0.2) is 0 Å². The van der Waals surface area contributed by atoms with Crippen LogP contribution in [0.25, 0.3) is 0 Å². The summed E-state index contributed by atoms with van der Waals surface area (Å²) in [5.41, 5.74) is 1.36. The SMILES string of the molecule is CC(C)(C)c1ccc([P+](=O)c2ccc(Cl)cc2)cc1. The van der Waals surface area contributed by atoms with Crippen LogP contribution in [0.1, 0.15) is 26.3 Å². The molecule has 19 heavy (non-hydrogen) atoms. The first kappa shape index (κ1) is 14.2. The van der Waals surface area contributed by atoms with Gasteiger partial charge >= 0.3 is 7.80 Å². The van der Waals surface area contributed by atoms with Crippen molar-refractivity contribution in [3.8, 4) is 0 Å². The molecule has 1 unspecified atom stereocenters. The van der Waals surface area contributed by atoms with Gasteiger partial charge in [0.05, 0.1) is 0 Å². The Bertz CT molecular complexity index is 580. The normalized spacial score (nSPS) is 12.3. The Morgan fingerprint density at radius 2 is 1.26 bits per heavy atom. The number of hydrogen-bond donors (Lipinski definition) is 0. The summed E-state index contributed by atoms with van der Waals surface area (Å²) >= 11 is 5.84. The highest BCUT2D eigenvalue weighted by atomic mass is 35.5. The number of halogens is 1. The predicted molar refractivity (Wildman–Crippen MR) is 83.5 cm³/mol. The zero-order valence-corrected chi connectivity index (χ0v) is 13.0. The zero-order valence-electron chi connectivity index (χ0n) is 11.4. The van der Waals surface area contributed by atoms with Gasteiger partial charge in [0.25, 0.3) is 0 Å². The summed E-state index contributed by atoms with van der Waals surface area (Å²) in [6.45, 7) is 6.50. The second-order valence-corrected chi connectivity index (χ2v) is 7.63. The Labute approximate surface area is 120 Å². The van der Waals surface area contributed by atoms with E-state index in [1.807, 2.05) is 24.3 Å². The standard InChI is InChI=1S/C16H17ClOP/c1-16(2,3)12-4-8-14(9-5-12)19(18)15-10-6-13(17)7-11-15/h4-11H,1-3H3/q+1. The van der Waals surface area contributed by atoms with Crippen LogP contribution in [-0.4, -0.2) is 0 Å². The molecule has 0 saturated carbocycles. The lowest BCUT2D eigenvalue weighted by molar-refractivity contribution is 0.590. The Hall–Kier alpha value is -1.17. The first-order valence-corrected chi connectivity index (χ1v) is 7.85. The van der Waals surface area contributed by atoms with E-state index in [-0.39, 0.29) is 5.41 Å². The highest BCUT2D eigenvalue weighted by molar-refractivity contribution is 7.61. The highest BCUT2D eigenvalue weighted by Crippen LogP contribution is 2.25. The molecule has 0 aliphatic heterocycles. The summed E-state index contributed by atoms with van der Waals surface area (Å²) < 4.78 is 12.4. The van der Waals surface area contributed by atoms with Crippen molar-refractivity contribution < 1.29 is 4.57 Å². The van der Waals surface area contributed by atoms with Crippen molar-refractivity contribution in [3.63, 3.8) is 0 Å². The highest BCUT2D eigenvalue weighted by Gasteiger charge is 2.24. The van der Waals surface area contributed by atoms with E-state index in [1.165, 1.54) is 5.56 Å². The fraction of sp³-hybridized carbons (Fsp3) is 0.250. The molecule has 0 N–H and O–H groups in total. The molecule has 0 heterocycles. The molecule has 98 valence electrons. The minimum Gasteiger partial charge on any atom is -0.0843 e. The van der Waals surface area contributed by atoms with Crippen LogP contribution < -0.4 is 10.6 Å². The van der Waals surface area contributed by atoms with Gasteiger partial charge in [-0.3, -0.25) is 0 Å². The van der Waals surface area contributed by atoms with Crippen molar-refractivity contribution in [1.82, 2.24) is 0 Å². The van der Waals surface area contributed by atoms with Crippen LogP contribution in [-0.2, 0) is 9.98 Å². The van der Waals surface area contributed by atoms with Crippen molar-refractivity contribution in [2.24, 2.45) is 0 Å². The molecule has 1 nitrogen and oxygen atoms in total. The topological polar surface area (TPSA) is 17.1 Å². The maximum Gasteiger partial charge on any atom is 0.415 e. The summed E-state index contributed by atoms with van der Waals surface area (Å²) in [6.07, 6.45) is 0. The maximum atomic E-state index is 12.4. The number of hydrogen-bond acceptors (Lipinski definition) is 1. The van der Waals surface area contributed by atoms with E-state index in [9.17, 15) is 4.57 Å². The lowest BCUT2D eigenvalue weighted by Gasteiger charge is -2.18. The summed E-state index contributed by atoms with van der Waals surface area (Å²) in [5.74, 6) is 0. The molecule has 2 aromatic carbocycles. The number of rotatable bonds is 2. The van der Waals surface area contributed by atoms with Gasteiger partial charge in [-0.05, 0) is 47.4 Å². The van der Waals surface area contributed by atoms with Crippen LogP contribution in [0, 0.1) is 0 Å². The summed E-state index contributed by atoms with van der Waals surface area (Å²) in [5, 5.41) is 2.32. The predicted octanol–water partition coefficient (Wildman–Crippen LogP) is 4.42. The molecule has 0 fully saturated rings. The summed E-state index contributed by atoms with van der Waals surface area (Å²) in [7, 11) is -1.54. The van der Waals surface area contributed by atoms with Crippen molar-refractivity contribution in [2.45, 2.75) is 26.2 Å². The molecule has 0 aliphatic rings. The van der Waals surface area contributed by atoms with Gasteiger partial charge < -0.3 is 0 Å². The smallest absolute Gasteiger partial charge is 0.0843 e. The monoisotopic (exact) mass is 291 g/mol. The van der Waals surface area contributed by atoms with E-state index in [0.29, 0.717) is 5.02 Å². The molecular formula is C16H17ClOP+. The van der Waals surface area contributed by atoms with Crippen molar-refractivity contribution in [3.05, 3.63) is 59.1 Å². The third kappa shape index (κ3) is 3.43. The zero-order chi connectivity index (χ0) is 14.0. The maximum absolute atomic E-state index is 12.4. The molecule has 0 aromatic heterocycles. The lowest BCUT2D eigenvalue weighted by Crippen LogP contribution is -2.13. The fourth-order valence-electron chi connectivity index (χ4n) is 1.82. The van der Waals surface area contributed by atoms with Crippen LogP contribution in [0.4, 0.5) is 0 Å². The second-order valence-electron chi connectivity index (χ2n) is 5.57. The molecule has 0 spiro atoms. The third-order valence-electron chi connectivity index (χ3n) is 3.03. The molecule has 2 rings (SSSR count). The molecule has 0 bridgehead atoms. The molecule has 0 amide bonds. The van der Waals surface area contributed by atoms with Gasteiger partial charge in [0.15, 0.2) is 10.6 Å². The van der Waals surface area contributed by atoms with Crippen molar-refractivity contribution >= 4 is 30.0 Å². The van der Waals surface area contributed by atoms with Gasteiger partial charge in [-0.2, -0.15) is 0 Å². The van der Waals surface area contributed by atoms with E-state index in [4.69, 9.17) is 11.6 Å². The van der Waals surface area contributed by atoms with Gasteiger partial charge in [-0.15, -0.1) is 0 Å². The van der Waals surface area contributed by atoms with Crippen molar-refractivity contribution in [2.75, 3.05) is 0 Å². The van der Waals surface area contributed by atoms with Crippen LogP contribution >= 0.6 is 19.4 Å². The van der Waals surface area contributed by atoms with Crippen LogP contribution in [0.15, 0.2) is 48.5 Å². The Kier molecular flexibility index (Phi) is 4.08. The van der Waals surface area contributed by atoms with Crippen molar-refractivity contribution in [1.29, 1.82) is 0 Å². The van der Waals surface area contributed by atoms with E-state index < -0.39 is 7.80 Å². The van der Waals surface area contributed by atoms with Gasteiger partial charge in [-0.1, -0.05) is 49.1 Å². The molecule has 1 atom stereocenters. The molecule has 2 aromatic rings. The third-order valence-corrected chi connectivity index (χ3v) is 4.82. The van der Waals surface area contributed by atoms with Crippen LogP contribution in [0.2, 0.25) is 5.02 Å². The first-order valence-electron chi connectivity index (χ1n) is 6.21. The van der Waals surface area contributed by atoms with Gasteiger partial charge in [0.1, 0.15) is 0 Å². The molecule has 0 radical (unpaired) electrons. The second kappa shape index (κ2) is 5.45. The van der Waals surface area contributed by atoms with E-state index in [0.717, 1.165) is 10.6 Å². The molecule has 0 saturated heterocycles. The van der Waals surface area contributed by atoms with Gasteiger partial charge in [0, 0.05) is 5.02 Å². The Balaban J connectivity index is 2.27. The fourth-order valence-corrected chi connectivity index (χ4v) is 3.09. The first-order chi connectivity index (χ1) is 8.88. The summed E-state index contributed by atoms with van der Waals surface area (Å²) in [4.78, 5) is 0. The summed E-state index contributed by atoms with van der Waals surface area (Å²) in [6, 6.07) is 15.2. The van der Waals surface area contributed by atoms with Crippen LogP contribution in [0.5, 0.6) is 0 Å². The minimum atomic E-state index is -1.54. The van der Waals surface area contributed by atoms with E-state index >= 15 is 0 Å². The number of benzene rings is 2. The van der Waals surface area contributed by atoms with Crippen LogP contribution in [0.3, 0.4) is 0 Å². The average molecular weight is 292 g/mol. The van der Waals surface area contributed by atoms with E-state index in [1.54, 1.807) is 12.1 Å². The molecule has 3 heteroatoms. The van der Waals surface area contributed by atoms with E-state index in [2.05, 4.69) is 32.9 Å². The average Bonchev–Trinajstić information content (AvgIpc) is 2.38. The Morgan fingerprint density at radius 3 is 1.68 bits per heavy atom. The largest absolute Gasteiger partial charge is 0.415 e. The van der Waals surface area contributed by atoms with Gasteiger partial charge in [0.2, 0.25) is 0 Å². The quantitative estimate of drug-likeness (QED) is 0.749.